The molecule has 0 rings (SSSR count). The second-order valence-electron chi connectivity index (χ2n) is 1.43. The van der Waals surface area contributed by atoms with Crippen LogP contribution in [0.5, 0.6) is 0 Å². The van der Waals surface area contributed by atoms with Gasteiger partial charge in [0.1, 0.15) is 0 Å². The summed E-state index contributed by atoms with van der Waals surface area (Å²) >= 11 is 0. The quantitative estimate of drug-likeness (QED) is 0.285. The molecule has 5 nitrogen and oxygen atoms in total. The summed E-state index contributed by atoms with van der Waals surface area (Å²) in [7, 11) is -4.92. The summed E-state index contributed by atoms with van der Waals surface area (Å²) < 4.78 is 32.8. The van der Waals surface area contributed by atoms with Crippen LogP contribution in [0, 0.1) is 0 Å². The molecule has 11 heavy (non-hydrogen) atoms. The topological polar surface area (TPSA) is 112 Å². The zero-order valence-electron chi connectivity index (χ0n) is 7.20. The van der Waals surface area contributed by atoms with E-state index in [0.717, 1.165) is 0 Å². The van der Waals surface area contributed by atoms with Crippen molar-refractivity contribution in [1.82, 2.24) is 6.15 Å². The molecular formula is C4H14NNaO4S. The Balaban J connectivity index is -0.0000000383. The Labute approximate surface area is 90.0 Å². The fourth-order valence-corrected chi connectivity index (χ4v) is 0. The average Bonchev–Trinajstić information content (AvgIpc) is 1.61. The van der Waals surface area contributed by atoms with Crippen molar-refractivity contribution in [3.63, 3.8) is 0 Å². The van der Waals surface area contributed by atoms with Gasteiger partial charge in [0.15, 0.2) is 0 Å². The third kappa shape index (κ3) is 252. The number of hydrogen-bond acceptors (Lipinski definition) is 4. The molecule has 0 atom stereocenters. The van der Waals surface area contributed by atoms with Crippen molar-refractivity contribution in [2.45, 2.75) is 26.7 Å². The fraction of sp³-hybridized carbons (Fsp3) is 1.00. The van der Waals surface area contributed by atoms with Crippen LogP contribution < -0.4 is 35.7 Å². The van der Waals surface area contributed by atoms with Crippen LogP contribution in [-0.2, 0) is 10.4 Å². The predicted molar refractivity (Wildman–Crippen MR) is 37.9 cm³/mol. The van der Waals surface area contributed by atoms with Gasteiger partial charge in [-0.1, -0.05) is 26.7 Å². The molecule has 0 heterocycles. The molecule has 0 saturated carbocycles. The van der Waals surface area contributed by atoms with Crippen molar-refractivity contribution >= 4 is 10.4 Å². The maximum absolute atomic E-state index is 8.63. The Morgan fingerprint density at radius 1 is 1.27 bits per heavy atom. The van der Waals surface area contributed by atoms with Gasteiger partial charge in [-0.15, -0.1) is 0 Å². The maximum Gasteiger partial charge on any atom is 1.00 e. The molecule has 0 aliphatic carbocycles. The van der Waals surface area contributed by atoms with Gasteiger partial charge in [-0.2, -0.15) is 0 Å². The smallest absolute Gasteiger partial charge is 0.726 e. The number of unbranched alkanes of at least 4 members (excludes halogenated alkanes) is 1. The molecule has 0 aromatic carbocycles. The summed E-state index contributed by atoms with van der Waals surface area (Å²) in [5, 5.41) is 0. The molecule has 0 saturated heterocycles. The minimum Gasteiger partial charge on any atom is -0.726 e. The number of rotatable bonds is 1. The van der Waals surface area contributed by atoms with Crippen molar-refractivity contribution in [1.29, 1.82) is 0 Å². The van der Waals surface area contributed by atoms with E-state index in [4.69, 9.17) is 17.5 Å². The van der Waals surface area contributed by atoms with E-state index in [9.17, 15) is 0 Å². The third-order valence-electron chi connectivity index (χ3n) is 0.500. The van der Waals surface area contributed by atoms with E-state index < -0.39 is 10.4 Å². The first-order chi connectivity index (χ1) is 3.91. The Bertz CT molecular complexity index is 125. The predicted octanol–water partition coefficient (Wildman–Crippen LogP) is -2.02. The first kappa shape index (κ1) is 22.6. The summed E-state index contributed by atoms with van der Waals surface area (Å²) in [4.78, 5) is 0. The van der Waals surface area contributed by atoms with Gasteiger partial charge in [-0.3, -0.25) is 4.55 Å². The molecule has 7 heteroatoms. The summed E-state index contributed by atoms with van der Waals surface area (Å²) in [5.41, 5.74) is 0. The van der Waals surface area contributed by atoms with E-state index in [1.807, 2.05) is 0 Å². The van der Waals surface area contributed by atoms with E-state index in [2.05, 4.69) is 13.8 Å². The molecule has 0 aliphatic heterocycles. The van der Waals surface area contributed by atoms with Crippen LogP contribution in [0.15, 0.2) is 0 Å². The first-order valence-electron chi connectivity index (χ1n) is 2.60. The van der Waals surface area contributed by atoms with Crippen LogP contribution in [-0.4, -0.2) is 17.5 Å². The summed E-state index contributed by atoms with van der Waals surface area (Å²) in [6.07, 6.45) is 2.64. The zero-order chi connectivity index (χ0) is 7.91. The van der Waals surface area contributed by atoms with E-state index in [1.165, 1.54) is 12.8 Å². The van der Waals surface area contributed by atoms with E-state index >= 15 is 0 Å². The SMILES string of the molecule is CCCC.N.O=S(=O)([O-])O.[Na+]. The summed E-state index contributed by atoms with van der Waals surface area (Å²) in [6.45, 7) is 4.36. The molecule has 4 N–H and O–H groups in total. The van der Waals surface area contributed by atoms with E-state index in [-0.39, 0.29) is 35.7 Å². The molecule has 0 amide bonds. The van der Waals surface area contributed by atoms with Gasteiger partial charge in [-0.05, 0) is 0 Å². The Morgan fingerprint density at radius 3 is 1.36 bits per heavy atom. The molecular weight excluding hydrogens is 181 g/mol. The van der Waals surface area contributed by atoms with Gasteiger partial charge in [-0.25, -0.2) is 8.42 Å². The second-order valence-corrected chi connectivity index (χ2v) is 2.28. The first-order valence-corrected chi connectivity index (χ1v) is 3.96. The van der Waals surface area contributed by atoms with Crippen molar-refractivity contribution in [3.8, 4) is 0 Å². The molecule has 0 aromatic rings. The Hall–Kier alpha value is 0.830. The molecule has 0 fully saturated rings. The van der Waals surface area contributed by atoms with Gasteiger partial charge < -0.3 is 10.7 Å². The number of hydrogen-bond donors (Lipinski definition) is 2. The summed E-state index contributed by atoms with van der Waals surface area (Å²) in [5.74, 6) is 0. The zero-order valence-corrected chi connectivity index (χ0v) is 10.0. The van der Waals surface area contributed by atoms with E-state index in [1.54, 1.807) is 0 Å². The van der Waals surface area contributed by atoms with Gasteiger partial charge in [0.25, 0.3) is 0 Å². The minimum atomic E-state index is -4.92. The molecule has 0 bridgehead atoms. The van der Waals surface area contributed by atoms with Crippen LogP contribution in [0.3, 0.4) is 0 Å². The Morgan fingerprint density at radius 2 is 1.36 bits per heavy atom. The van der Waals surface area contributed by atoms with Gasteiger partial charge in [0.05, 0.1) is 0 Å². The van der Waals surface area contributed by atoms with Gasteiger partial charge >= 0.3 is 29.6 Å². The van der Waals surface area contributed by atoms with Crippen molar-refractivity contribution in [2.24, 2.45) is 0 Å². The molecule has 0 aromatic heterocycles. The van der Waals surface area contributed by atoms with Crippen molar-refractivity contribution in [3.05, 3.63) is 0 Å². The van der Waals surface area contributed by atoms with Gasteiger partial charge in [0, 0.05) is 0 Å². The van der Waals surface area contributed by atoms with Crippen LogP contribution in [0.25, 0.3) is 0 Å². The second kappa shape index (κ2) is 13.4. The molecule has 0 spiro atoms. The van der Waals surface area contributed by atoms with Crippen LogP contribution in [0.2, 0.25) is 0 Å². The van der Waals surface area contributed by atoms with Crippen LogP contribution >= 0.6 is 0 Å². The molecule has 0 aliphatic rings. The average molecular weight is 195 g/mol. The third-order valence-corrected chi connectivity index (χ3v) is 0.500. The van der Waals surface area contributed by atoms with Crippen LogP contribution in [0.4, 0.5) is 0 Å². The largest absolute Gasteiger partial charge is 1.00 e. The molecule has 0 radical (unpaired) electrons. The minimum absolute atomic E-state index is 0. The monoisotopic (exact) mass is 195 g/mol. The molecule has 0 unspecified atom stereocenters. The van der Waals surface area contributed by atoms with E-state index in [0.29, 0.717) is 0 Å². The Kier molecular flexibility index (Phi) is 27.6. The fourth-order valence-electron chi connectivity index (χ4n) is 0. The van der Waals surface area contributed by atoms with Crippen LogP contribution in [0.1, 0.15) is 26.7 Å². The normalized spacial score (nSPS) is 8.00. The molecule has 66 valence electrons. The maximum atomic E-state index is 8.63. The van der Waals surface area contributed by atoms with Crippen molar-refractivity contribution in [2.75, 3.05) is 0 Å². The standard InChI is InChI=1S/C4H10.H3N.Na.H2O4S/c1-3-4-2;;;1-5(2,3)4/h3-4H2,1-2H3;1H3;;(H2,1,2,3,4)/q;;+1;/p-1. The summed E-state index contributed by atoms with van der Waals surface area (Å²) in [6, 6.07) is 0. The van der Waals surface area contributed by atoms with Gasteiger partial charge in [0.2, 0.25) is 10.4 Å². The van der Waals surface area contributed by atoms with Crippen molar-refractivity contribution < 1.29 is 47.1 Å².